The number of aryl methyl sites for hydroxylation is 7. The van der Waals surface area contributed by atoms with Gasteiger partial charge in [0.1, 0.15) is 0 Å². The third kappa shape index (κ3) is 29.9. The predicted octanol–water partition coefficient (Wildman–Crippen LogP) is 31.2. The summed E-state index contributed by atoms with van der Waals surface area (Å²) in [5, 5.41) is 0. The Hall–Kier alpha value is -6.24. The van der Waals surface area contributed by atoms with Crippen LogP contribution in [0.3, 0.4) is 0 Å². The van der Waals surface area contributed by atoms with Crippen LogP contribution in [0, 0.1) is 46.4 Å². The Morgan fingerprint density at radius 2 is 0.612 bits per heavy atom. The monoisotopic (exact) mass is 1410 g/mol. The molecule has 0 unspecified atom stereocenters. The first kappa shape index (κ1) is 72.3. The van der Waals surface area contributed by atoms with E-state index < -0.39 is 44.1 Å². The van der Waals surface area contributed by atoms with Gasteiger partial charge in [0.15, 0.2) is 0 Å². The summed E-state index contributed by atoms with van der Waals surface area (Å²) in [5.74, 6) is -1.41. The molecule has 103 heavy (non-hydrogen) atoms. The molecule has 0 aliphatic carbocycles. The highest BCUT2D eigenvalue weighted by Gasteiger charge is 2.29. The second-order valence-corrected chi connectivity index (χ2v) is 37.5. The number of benzene rings is 8. The molecule has 0 N–H and O–H groups in total. The van der Waals surface area contributed by atoms with Crippen LogP contribution in [-0.2, 0) is 68.8 Å². The molecule has 568 valence electrons. The van der Waals surface area contributed by atoms with E-state index in [1.807, 2.05) is 129 Å². The molecule has 0 fully saturated rings. The van der Waals surface area contributed by atoms with Crippen LogP contribution in [0.4, 0.5) is 0 Å². The second-order valence-electron chi connectivity index (χ2n) is 37.5. The molecule has 0 aliphatic rings. The Balaban J connectivity index is 0.000000462. The van der Waals surface area contributed by atoms with Gasteiger partial charge in [-0.1, -0.05) is 405 Å². The first-order chi connectivity index (χ1) is 51.7. The molecule has 8 aromatic rings. The van der Waals surface area contributed by atoms with E-state index in [1.165, 1.54) is 69.5 Å². The molecule has 0 aromatic heterocycles. The molecular weight excluding hydrogens is 1240 g/mol. The normalized spacial score (nSPS) is 14.9. The van der Waals surface area contributed by atoms with Crippen LogP contribution in [0.1, 0.15) is 371 Å². The summed E-state index contributed by atoms with van der Waals surface area (Å²) in [6.07, 6.45) is -5.90. The summed E-state index contributed by atoms with van der Waals surface area (Å²) < 4.78 is 105. The highest BCUT2D eigenvalue weighted by molar-refractivity contribution is 5.68. The van der Waals surface area contributed by atoms with E-state index in [4.69, 9.17) is 17.8 Å². The molecule has 0 atom stereocenters. The van der Waals surface area contributed by atoms with E-state index in [1.54, 1.807) is 36.4 Å². The molecule has 0 radical (unpaired) electrons. The van der Waals surface area contributed by atoms with Crippen LogP contribution in [-0.4, -0.2) is 0 Å². The van der Waals surface area contributed by atoms with Crippen molar-refractivity contribution in [3.63, 3.8) is 0 Å². The van der Waals surface area contributed by atoms with Crippen molar-refractivity contribution in [1.29, 1.82) is 0 Å². The Labute approximate surface area is 657 Å². The van der Waals surface area contributed by atoms with E-state index in [0.29, 0.717) is 27.8 Å². The van der Waals surface area contributed by atoms with Crippen LogP contribution in [0.25, 0.3) is 11.1 Å². The van der Waals surface area contributed by atoms with Crippen molar-refractivity contribution in [1.82, 2.24) is 0 Å². The highest BCUT2D eigenvalue weighted by atomic mass is 14.3. The lowest BCUT2D eigenvalue weighted by Gasteiger charge is -2.33. The maximum Gasteiger partial charge on any atom is 0.0347 e. The third-order valence-corrected chi connectivity index (χ3v) is 17.8. The molecule has 0 heteroatoms. The van der Waals surface area contributed by atoms with E-state index in [0.717, 1.165) is 33.4 Å². The zero-order valence-electron chi connectivity index (χ0n) is 85.7. The quantitative estimate of drug-likeness (QED) is 0.135. The van der Waals surface area contributed by atoms with Gasteiger partial charge in [0.05, 0.1) is 0 Å². The van der Waals surface area contributed by atoms with Crippen LogP contribution in [0.5, 0.6) is 0 Å². The Kier molecular flexibility index (Phi) is 27.7. The highest BCUT2D eigenvalue weighted by Crippen LogP contribution is 2.40. The fraction of sp³-hybridized carbons (Fsp3) is 0.534. The number of hydrogen-bond donors (Lipinski definition) is 0. The van der Waals surface area contributed by atoms with Gasteiger partial charge >= 0.3 is 0 Å². The topological polar surface area (TPSA) is 0 Å². The van der Waals surface area contributed by atoms with Gasteiger partial charge in [-0.25, -0.2) is 0 Å². The van der Waals surface area contributed by atoms with Crippen molar-refractivity contribution in [3.05, 3.63) is 269 Å². The molecule has 0 heterocycles. The fourth-order valence-corrected chi connectivity index (χ4v) is 14.1. The molecule has 8 rings (SSSR count). The Bertz CT molecular complexity index is 4150. The van der Waals surface area contributed by atoms with Gasteiger partial charge in [-0.2, -0.15) is 0 Å². The number of hydrogen-bond acceptors (Lipinski definition) is 0. The molecule has 0 bridgehead atoms. The second kappa shape index (κ2) is 39.4. The lowest BCUT2D eigenvalue weighted by atomic mass is 9.71. The Morgan fingerprint density at radius 1 is 0.301 bits per heavy atom. The first-order valence-electron chi connectivity index (χ1n) is 44.6. The van der Waals surface area contributed by atoms with Gasteiger partial charge in [-0.05, 0) is 238 Å². The van der Waals surface area contributed by atoms with E-state index in [-0.39, 0.29) is 55.2 Å². The van der Waals surface area contributed by atoms with Crippen molar-refractivity contribution in [2.45, 2.75) is 351 Å². The lowest BCUT2D eigenvalue weighted by molar-refractivity contribution is 0.521. The Morgan fingerprint density at radius 3 is 0.951 bits per heavy atom. The maximum absolute atomic E-state index is 8.50. The van der Waals surface area contributed by atoms with E-state index >= 15 is 0 Å². The first-order valence-corrected chi connectivity index (χ1v) is 38.1. The minimum Gasteiger partial charge on any atom is -0.0625 e. The minimum atomic E-state index is -2.01. The van der Waals surface area contributed by atoms with Gasteiger partial charge < -0.3 is 0 Å². The summed E-state index contributed by atoms with van der Waals surface area (Å²) in [6.45, 7) is 76.9. The SMILES string of the molecule is CC(C)(C)c1ccccc1-c1ccccc1.Cc1cccc(C)c1C(C)(C)C.[2H]C(C)(C)c1cccc(C(C)(C)C)c1C(C)(C)C.[2H]C(C)(C)c1ccccc1C(C)(C)C.[2H]C([2H])(C)c1cccc(C([2H])([2H])C)c1C(C)(C)C.[2H]C([2H])([2H])c1cc(C)c(C(C)(C)C)c(C)c1.[2H]C([2H])(c1cccc(C([2H])([2H])C(C)C)c1C(C)(C)C)C(C)C. The van der Waals surface area contributed by atoms with Gasteiger partial charge in [-0.3, -0.25) is 0 Å². The maximum atomic E-state index is 8.50. The molecule has 0 nitrogen and oxygen atoms in total. The predicted molar refractivity (Wildman–Crippen MR) is 468 cm³/mol. The van der Waals surface area contributed by atoms with Crippen LogP contribution >= 0.6 is 0 Å². The summed E-state index contributed by atoms with van der Waals surface area (Å²) in [5.41, 5.74) is 22.7. The number of rotatable bonds is 9. The molecule has 8 aromatic carbocycles. The van der Waals surface area contributed by atoms with Crippen LogP contribution < -0.4 is 0 Å². The molecule has 0 saturated carbocycles. The zero-order valence-corrected chi connectivity index (χ0v) is 72.7. The third-order valence-electron chi connectivity index (χ3n) is 17.8. The average Bonchev–Trinajstić information content (AvgIpc) is 0.539. The minimum absolute atomic E-state index is 0.0570. The molecule has 0 saturated heterocycles. The van der Waals surface area contributed by atoms with Gasteiger partial charge in [0.2, 0.25) is 0 Å². The van der Waals surface area contributed by atoms with E-state index in [2.05, 4.69) is 248 Å². The zero-order chi connectivity index (χ0) is 90.9. The van der Waals surface area contributed by atoms with Crippen LogP contribution in [0.15, 0.2) is 164 Å². The van der Waals surface area contributed by atoms with E-state index in [9.17, 15) is 0 Å². The summed E-state index contributed by atoms with van der Waals surface area (Å²) >= 11 is 0. The molecule has 0 aliphatic heterocycles. The summed E-state index contributed by atoms with van der Waals surface area (Å²) in [6, 6.07) is 54.7. The largest absolute Gasteiger partial charge is 0.0625 e. The summed E-state index contributed by atoms with van der Waals surface area (Å²) in [7, 11) is 0. The smallest absolute Gasteiger partial charge is 0.0347 e. The van der Waals surface area contributed by atoms with Crippen molar-refractivity contribution >= 4 is 0 Å². The van der Waals surface area contributed by atoms with Gasteiger partial charge in [-0.15, -0.1) is 0 Å². The summed E-state index contributed by atoms with van der Waals surface area (Å²) in [4.78, 5) is 0. The fourth-order valence-electron chi connectivity index (χ4n) is 14.1. The van der Waals surface area contributed by atoms with Crippen LogP contribution in [0.2, 0.25) is 0 Å². The molecule has 0 spiro atoms. The standard InChI is InChI=1S/C18H30.C17H28.C16H18.C14H22.2C13H20.C12H18/c1-13(2)11-15-9-8-10-16(12-14(3)4)17(15)18(5,6)7;1-12(2)13-10-9-11-14(16(3,4)5)15(13)17(6,7)8;1-16(2,3)15-12-8-7-11-14(15)13-9-5-4-6-10-13;1-6-11-9-8-10-12(7-2)13(11)14(3,4)5;1-9-7-10(2)12(11(3)8-9)13(4,5)6;1-10(2)11-8-6-7-9-12(11)13(3,4)5;1-9-7-6-8-10(2)11(9)12(3,4)5/h8-10,13-14H,11-12H2,1-7H3;9-12H,1-8H3;4-12H,1-3H3;8-10H,6-7H2,1-5H3;7-8H,1-6H3;6-10H,1-5H3;6-8H,1-5H3/i11D2,12D2;12D;;6D2,7D2;1D3;10D;. The van der Waals surface area contributed by atoms with Crippen molar-refractivity contribution in [2.75, 3.05) is 0 Å². The molecule has 0 amide bonds. The average molecular weight is 1410 g/mol. The van der Waals surface area contributed by atoms with Crippen molar-refractivity contribution in [3.8, 4) is 11.1 Å². The lowest BCUT2D eigenvalue weighted by Crippen LogP contribution is -2.24. The molecular formula is C103H156. The van der Waals surface area contributed by atoms with Crippen molar-refractivity contribution in [2.24, 2.45) is 11.8 Å². The van der Waals surface area contributed by atoms with Gasteiger partial charge in [0, 0.05) is 17.8 Å². The van der Waals surface area contributed by atoms with Crippen molar-refractivity contribution < 1.29 is 17.8 Å². The van der Waals surface area contributed by atoms with Gasteiger partial charge in [0.25, 0.3) is 0 Å².